The second kappa shape index (κ2) is 9.32. The van der Waals surface area contributed by atoms with Gasteiger partial charge >= 0.3 is 12.8 Å². The van der Waals surface area contributed by atoms with Gasteiger partial charge in [0.05, 0.1) is 11.3 Å². The molecule has 0 saturated carbocycles. The Labute approximate surface area is 192 Å². The van der Waals surface area contributed by atoms with Crippen molar-refractivity contribution in [3.63, 3.8) is 0 Å². The van der Waals surface area contributed by atoms with E-state index in [9.17, 15) is 31.1 Å². The second-order valence-corrected chi connectivity index (χ2v) is 8.60. The number of aromatic nitrogens is 1. The van der Waals surface area contributed by atoms with E-state index in [0.717, 1.165) is 31.3 Å². The lowest BCUT2D eigenvalue weighted by molar-refractivity contribution is -0.149. The first-order valence-electron chi connectivity index (χ1n) is 10.3. The fourth-order valence-corrected chi connectivity index (χ4v) is 3.84. The van der Waals surface area contributed by atoms with E-state index in [1.54, 1.807) is 18.7 Å². The molecule has 0 spiro atoms. The summed E-state index contributed by atoms with van der Waals surface area (Å²) in [7, 11) is 0. The van der Waals surface area contributed by atoms with Gasteiger partial charge < -0.3 is 20.7 Å². The molecule has 0 aliphatic carbocycles. The molecule has 1 aromatic carbocycles. The molecule has 2 aromatic rings. The third-order valence-corrected chi connectivity index (χ3v) is 5.53. The standard InChI is InChI=1S/C22H24F6N4O2/c1-11-17(13-6-14(23)8-15(7-13)34-20(24)25)18(32-5-4-21(3,29)10-32)16(9-30-11)19(33)31-12(2)22(26,27)28/h6-9,12,20H,4-5,10,29H2,1-3H3,(H,31,33)/t12-,21-/m0/s1. The van der Waals surface area contributed by atoms with Gasteiger partial charge in [-0.25, -0.2) is 4.39 Å². The minimum absolute atomic E-state index is 0.0693. The number of nitrogens with two attached hydrogens (primary N) is 1. The van der Waals surface area contributed by atoms with Crippen molar-refractivity contribution in [3.8, 4) is 16.9 Å². The van der Waals surface area contributed by atoms with E-state index in [1.807, 2.05) is 5.32 Å². The number of nitrogens with zero attached hydrogens (tertiary/aromatic N) is 2. The van der Waals surface area contributed by atoms with Crippen molar-refractivity contribution < 1.29 is 35.9 Å². The first-order chi connectivity index (χ1) is 15.7. The van der Waals surface area contributed by atoms with E-state index < -0.39 is 41.8 Å². The molecule has 3 rings (SSSR count). The largest absolute Gasteiger partial charge is 0.435 e. The van der Waals surface area contributed by atoms with Crippen molar-refractivity contribution in [1.82, 2.24) is 10.3 Å². The van der Waals surface area contributed by atoms with Crippen molar-refractivity contribution in [2.24, 2.45) is 5.73 Å². The predicted octanol–water partition coefficient (Wildman–Crippen LogP) is 4.41. The molecule has 1 amide bonds. The molecule has 34 heavy (non-hydrogen) atoms. The van der Waals surface area contributed by atoms with Gasteiger partial charge in [-0.3, -0.25) is 9.78 Å². The summed E-state index contributed by atoms with van der Waals surface area (Å²) in [6, 6.07) is 0.826. The van der Waals surface area contributed by atoms with Gasteiger partial charge in [0.1, 0.15) is 17.6 Å². The fraction of sp³-hybridized carbons (Fsp3) is 0.455. The number of anilines is 1. The van der Waals surface area contributed by atoms with Crippen LogP contribution in [0.4, 0.5) is 32.0 Å². The number of carbonyl (C=O) groups excluding carboxylic acids is 1. The van der Waals surface area contributed by atoms with Crippen LogP contribution in [0.15, 0.2) is 24.4 Å². The number of nitrogens with one attached hydrogen (secondary N) is 1. The van der Waals surface area contributed by atoms with Crippen LogP contribution in [0.1, 0.15) is 36.3 Å². The lowest BCUT2D eigenvalue weighted by atomic mass is 9.97. The molecule has 1 aliphatic rings. The van der Waals surface area contributed by atoms with Crippen LogP contribution in [0.5, 0.6) is 5.75 Å². The fourth-order valence-electron chi connectivity index (χ4n) is 3.84. The van der Waals surface area contributed by atoms with E-state index in [0.29, 0.717) is 18.7 Å². The van der Waals surface area contributed by atoms with E-state index in [4.69, 9.17) is 5.73 Å². The van der Waals surface area contributed by atoms with Crippen LogP contribution in [0, 0.1) is 12.7 Å². The maximum Gasteiger partial charge on any atom is 0.408 e. The Balaban J connectivity index is 2.19. The van der Waals surface area contributed by atoms with Gasteiger partial charge in [-0.1, -0.05) is 0 Å². The smallest absolute Gasteiger partial charge is 0.408 e. The molecule has 3 N–H and O–H groups in total. The summed E-state index contributed by atoms with van der Waals surface area (Å²) in [4.78, 5) is 18.7. The van der Waals surface area contributed by atoms with Gasteiger partial charge in [0.25, 0.3) is 5.91 Å². The zero-order valence-corrected chi connectivity index (χ0v) is 18.6. The van der Waals surface area contributed by atoms with Crippen molar-refractivity contribution in [2.75, 3.05) is 18.0 Å². The zero-order valence-electron chi connectivity index (χ0n) is 18.6. The van der Waals surface area contributed by atoms with Gasteiger partial charge in [0, 0.05) is 42.1 Å². The van der Waals surface area contributed by atoms with Crippen molar-refractivity contribution in [1.29, 1.82) is 0 Å². The number of pyridine rings is 1. The number of hydrogen-bond acceptors (Lipinski definition) is 5. The molecule has 0 unspecified atom stereocenters. The summed E-state index contributed by atoms with van der Waals surface area (Å²) >= 11 is 0. The second-order valence-electron chi connectivity index (χ2n) is 8.60. The highest BCUT2D eigenvalue weighted by atomic mass is 19.4. The van der Waals surface area contributed by atoms with Crippen LogP contribution in [-0.2, 0) is 0 Å². The molecule has 2 atom stereocenters. The highest BCUT2D eigenvalue weighted by Crippen LogP contribution is 2.40. The molecule has 1 aromatic heterocycles. The predicted molar refractivity (Wildman–Crippen MR) is 113 cm³/mol. The summed E-state index contributed by atoms with van der Waals surface area (Å²) in [5.41, 5.74) is 6.14. The first-order valence-corrected chi connectivity index (χ1v) is 10.3. The molecule has 1 aliphatic heterocycles. The van der Waals surface area contributed by atoms with Crippen LogP contribution in [0.25, 0.3) is 11.1 Å². The minimum Gasteiger partial charge on any atom is -0.435 e. The van der Waals surface area contributed by atoms with Crippen molar-refractivity contribution >= 4 is 11.6 Å². The monoisotopic (exact) mass is 490 g/mol. The lowest BCUT2D eigenvalue weighted by Gasteiger charge is -2.28. The number of amides is 1. The van der Waals surface area contributed by atoms with Gasteiger partial charge in [-0.15, -0.1) is 0 Å². The molecule has 2 heterocycles. The molecule has 6 nitrogen and oxygen atoms in total. The maximum atomic E-state index is 14.3. The van der Waals surface area contributed by atoms with Crippen LogP contribution >= 0.6 is 0 Å². The summed E-state index contributed by atoms with van der Waals surface area (Å²) in [6.07, 6.45) is -3.03. The maximum absolute atomic E-state index is 14.3. The number of carbonyl (C=O) groups is 1. The summed E-state index contributed by atoms with van der Waals surface area (Å²) in [6.45, 7) is 1.53. The summed E-state index contributed by atoms with van der Waals surface area (Å²) in [5.74, 6) is -2.38. The molecule has 186 valence electrons. The minimum atomic E-state index is -4.68. The van der Waals surface area contributed by atoms with E-state index in [2.05, 4.69) is 9.72 Å². The normalized spacial score (nSPS) is 19.4. The molecular formula is C22H24F6N4O2. The topological polar surface area (TPSA) is 80.5 Å². The summed E-state index contributed by atoms with van der Waals surface area (Å²) < 4.78 is 83.3. The van der Waals surface area contributed by atoms with Crippen LogP contribution < -0.4 is 20.7 Å². The Morgan fingerprint density at radius 3 is 2.53 bits per heavy atom. The van der Waals surface area contributed by atoms with Crippen molar-refractivity contribution in [3.05, 3.63) is 41.5 Å². The highest BCUT2D eigenvalue weighted by molar-refractivity contribution is 6.04. The Morgan fingerprint density at radius 1 is 1.29 bits per heavy atom. The van der Waals surface area contributed by atoms with Crippen LogP contribution in [-0.4, -0.2) is 48.3 Å². The van der Waals surface area contributed by atoms with E-state index in [-0.39, 0.29) is 28.9 Å². The van der Waals surface area contributed by atoms with Gasteiger partial charge in [-0.2, -0.15) is 22.0 Å². The highest BCUT2D eigenvalue weighted by Gasteiger charge is 2.39. The average molecular weight is 490 g/mol. The summed E-state index contributed by atoms with van der Waals surface area (Å²) in [5, 5.41) is 1.91. The number of rotatable bonds is 6. The molecule has 1 saturated heterocycles. The Morgan fingerprint density at radius 2 is 1.97 bits per heavy atom. The van der Waals surface area contributed by atoms with E-state index >= 15 is 0 Å². The zero-order chi connectivity index (χ0) is 25.4. The van der Waals surface area contributed by atoms with Gasteiger partial charge in [0.15, 0.2) is 0 Å². The number of halogens is 6. The number of ether oxygens (including phenoxy) is 1. The number of hydrogen-bond donors (Lipinski definition) is 2. The van der Waals surface area contributed by atoms with Crippen molar-refractivity contribution in [2.45, 2.75) is 51.6 Å². The molecule has 0 radical (unpaired) electrons. The third kappa shape index (κ3) is 5.72. The molecule has 0 bridgehead atoms. The number of benzene rings is 1. The Bertz CT molecular complexity index is 1070. The third-order valence-electron chi connectivity index (χ3n) is 5.53. The molecule has 1 fully saturated rings. The van der Waals surface area contributed by atoms with Gasteiger partial charge in [0.2, 0.25) is 0 Å². The number of aryl methyl sites for hydroxylation is 1. The van der Waals surface area contributed by atoms with Crippen LogP contribution in [0.2, 0.25) is 0 Å². The number of alkyl halides is 5. The Kier molecular flexibility index (Phi) is 7.02. The molecular weight excluding hydrogens is 466 g/mol. The van der Waals surface area contributed by atoms with Gasteiger partial charge in [-0.05, 0) is 44.9 Å². The quantitative estimate of drug-likeness (QED) is 0.587. The molecule has 12 heteroatoms. The first kappa shape index (κ1) is 25.6. The average Bonchev–Trinajstić information content (AvgIpc) is 3.05. The lowest BCUT2D eigenvalue weighted by Crippen LogP contribution is -2.44. The van der Waals surface area contributed by atoms with Crippen LogP contribution in [0.3, 0.4) is 0 Å². The van der Waals surface area contributed by atoms with E-state index in [1.165, 1.54) is 0 Å². The Hall–Kier alpha value is -3.02. The SMILES string of the molecule is Cc1ncc(C(=O)N[C@@H](C)C(F)(F)F)c(N2CC[C@](C)(N)C2)c1-c1cc(F)cc(OC(F)F)c1.